The van der Waals surface area contributed by atoms with Crippen LogP contribution >= 0.6 is 22.6 Å². The Morgan fingerprint density at radius 3 is 2.38 bits per heavy atom. The van der Waals surface area contributed by atoms with Crippen molar-refractivity contribution >= 4 is 22.6 Å². The molecule has 0 aliphatic rings. The lowest BCUT2D eigenvalue weighted by Gasteiger charge is -2.10. The molecule has 2 aromatic rings. The van der Waals surface area contributed by atoms with E-state index in [2.05, 4.69) is 14.7 Å². The van der Waals surface area contributed by atoms with Gasteiger partial charge in [-0.2, -0.15) is 8.78 Å². The van der Waals surface area contributed by atoms with Crippen molar-refractivity contribution in [3.8, 4) is 17.1 Å². The molecule has 0 aliphatic carbocycles. The summed E-state index contributed by atoms with van der Waals surface area (Å²) < 4.78 is 29.0. The highest BCUT2D eigenvalue weighted by Crippen LogP contribution is 2.23. The highest BCUT2D eigenvalue weighted by Gasteiger charge is 2.13. The Kier molecular flexibility index (Phi) is 4.92. The summed E-state index contributed by atoms with van der Waals surface area (Å²) in [4.78, 5) is 19.0. The van der Waals surface area contributed by atoms with Crippen LogP contribution in [0.3, 0.4) is 0 Å². The Balaban J connectivity index is 2.40. The molecule has 7 heteroatoms. The molecule has 0 saturated carbocycles. The molecule has 0 unspecified atom stereocenters. The van der Waals surface area contributed by atoms with Gasteiger partial charge in [-0.1, -0.05) is 13.8 Å². The van der Waals surface area contributed by atoms with Gasteiger partial charge >= 0.3 is 6.61 Å². The highest BCUT2D eigenvalue weighted by molar-refractivity contribution is 14.1. The van der Waals surface area contributed by atoms with Crippen LogP contribution in [0, 0.1) is 3.57 Å². The second kappa shape index (κ2) is 6.50. The summed E-state index contributed by atoms with van der Waals surface area (Å²) in [6.07, 6.45) is 0. The van der Waals surface area contributed by atoms with Gasteiger partial charge in [0, 0.05) is 5.56 Å². The summed E-state index contributed by atoms with van der Waals surface area (Å²) in [5, 5.41) is 0. The first-order valence-corrected chi connectivity index (χ1v) is 7.31. The smallest absolute Gasteiger partial charge is 0.387 e. The number of nitrogens with one attached hydrogen (secondary N) is 1. The first kappa shape index (κ1) is 15.9. The van der Waals surface area contributed by atoms with Gasteiger partial charge in [-0.3, -0.25) is 4.79 Å². The molecule has 0 amide bonds. The minimum atomic E-state index is -2.86. The van der Waals surface area contributed by atoms with Gasteiger partial charge in [0.2, 0.25) is 0 Å². The van der Waals surface area contributed by atoms with Crippen molar-refractivity contribution in [2.24, 2.45) is 0 Å². The Labute approximate surface area is 133 Å². The third kappa shape index (κ3) is 3.78. The molecule has 0 saturated heterocycles. The Hall–Kier alpha value is -1.51. The Bertz CT molecular complexity index is 684. The van der Waals surface area contributed by atoms with Gasteiger partial charge in [0.25, 0.3) is 5.56 Å². The number of aromatic nitrogens is 2. The molecule has 0 fully saturated rings. The number of rotatable bonds is 4. The van der Waals surface area contributed by atoms with Crippen molar-refractivity contribution in [2.45, 2.75) is 26.4 Å². The second-order valence-corrected chi connectivity index (χ2v) is 5.75. The summed E-state index contributed by atoms with van der Waals surface area (Å²) in [7, 11) is 0. The molecular formula is C14H13F2IN2O2. The molecular weight excluding hydrogens is 393 g/mol. The van der Waals surface area contributed by atoms with E-state index in [1.807, 2.05) is 36.4 Å². The van der Waals surface area contributed by atoms with Crippen LogP contribution in [-0.2, 0) is 0 Å². The zero-order chi connectivity index (χ0) is 15.6. The minimum absolute atomic E-state index is 0.0608. The Morgan fingerprint density at radius 2 is 1.86 bits per heavy atom. The lowest BCUT2D eigenvalue weighted by atomic mass is 10.1. The normalized spacial score (nSPS) is 11.2. The van der Waals surface area contributed by atoms with E-state index in [0.29, 0.717) is 20.7 Å². The van der Waals surface area contributed by atoms with Crippen LogP contribution in [0.4, 0.5) is 8.78 Å². The average Bonchev–Trinajstić information content (AvgIpc) is 2.41. The van der Waals surface area contributed by atoms with Crippen LogP contribution in [0.15, 0.2) is 29.1 Å². The molecule has 1 aromatic heterocycles. The fourth-order valence-electron chi connectivity index (χ4n) is 1.79. The summed E-state index contributed by atoms with van der Waals surface area (Å²) in [6.45, 7) is 1.04. The second-order valence-electron chi connectivity index (χ2n) is 4.67. The van der Waals surface area contributed by atoms with Crippen molar-refractivity contribution in [3.63, 3.8) is 0 Å². The first-order valence-electron chi connectivity index (χ1n) is 6.23. The molecule has 1 aromatic carbocycles. The van der Waals surface area contributed by atoms with Crippen LogP contribution in [0.2, 0.25) is 0 Å². The van der Waals surface area contributed by atoms with Crippen LogP contribution < -0.4 is 10.3 Å². The van der Waals surface area contributed by atoms with Crippen LogP contribution in [0.1, 0.15) is 25.5 Å². The van der Waals surface area contributed by atoms with E-state index < -0.39 is 6.61 Å². The molecule has 21 heavy (non-hydrogen) atoms. The third-order valence-electron chi connectivity index (χ3n) is 2.79. The largest absolute Gasteiger partial charge is 0.435 e. The molecule has 0 radical (unpaired) electrons. The molecule has 1 N–H and O–H groups in total. The van der Waals surface area contributed by atoms with E-state index in [0.717, 1.165) is 0 Å². The van der Waals surface area contributed by atoms with Crippen molar-refractivity contribution in [1.82, 2.24) is 9.97 Å². The molecule has 4 nitrogen and oxygen atoms in total. The van der Waals surface area contributed by atoms with Crippen LogP contribution in [0.5, 0.6) is 5.75 Å². The standard InChI is InChI=1S/C14H13F2IN2O2/c1-7(2)11-10(17)13(20)19-12(18-11)8-3-5-9(6-4-8)21-14(15)16/h3-7,14H,1-2H3,(H,18,19,20). The SMILES string of the molecule is CC(C)c1nc(-c2ccc(OC(F)F)cc2)[nH]c(=O)c1I. The molecule has 0 aliphatic heterocycles. The molecule has 0 atom stereocenters. The van der Waals surface area contributed by atoms with Gasteiger partial charge < -0.3 is 9.72 Å². The van der Waals surface area contributed by atoms with Crippen molar-refractivity contribution < 1.29 is 13.5 Å². The number of benzene rings is 1. The lowest BCUT2D eigenvalue weighted by molar-refractivity contribution is -0.0498. The van der Waals surface area contributed by atoms with Crippen molar-refractivity contribution in [1.29, 1.82) is 0 Å². The summed E-state index contributed by atoms with van der Waals surface area (Å²) >= 11 is 1.97. The summed E-state index contributed by atoms with van der Waals surface area (Å²) in [5.41, 5.74) is 1.13. The van der Waals surface area contributed by atoms with E-state index in [9.17, 15) is 13.6 Å². The quantitative estimate of drug-likeness (QED) is 0.787. The van der Waals surface area contributed by atoms with Crippen LogP contribution in [0.25, 0.3) is 11.4 Å². The van der Waals surface area contributed by atoms with Crippen molar-refractivity contribution in [3.05, 3.63) is 43.9 Å². The van der Waals surface area contributed by atoms with E-state index in [4.69, 9.17) is 0 Å². The molecule has 0 bridgehead atoms. The average molecular weight is 406 g/mol. The fraction of sp³-hybridized carbons (Fsp3) is 0.286. The molecule has 112 valence electrons. The fourth-order valence-corrected chi connectivity index (χ4v) is 2.67. The number of nitrogens with zero attached hydrogens (tertiary/aromatic N) is 1. The van der Waals surface area contributed by atoms with E-state index in [1.165, 1.54) is 12.1 Å². The predicted octanol–water partition coefficient (Wildman–Crippen LogP) is 3.77. The summed E-state index contributed by atoms with van der Waals surface area (Å²) in [5.74, 6) is 0.581. The monoisotopic (exact) mass is 406 g/mol. The zero-order valence-electron chi connectivity index (χ0n) is 11.4. The van der Waals surface area contributed by atoms with E-state index >= 15 is 0 Å². The van der Waals surface area contributed by atoms with Gasteiger partial charge in [-0.15, -0.1) is 0 Å². The number of alkyl halides is 2. The maximum absolute atomic E-state index is 12.1. The van der Waals surface area contributed by atoms with E-state index in [-0.39, 0.29) is 17.2 Å². The van der Waals surface area contributed by atoms with E-state index in [1.54, 1.807) is 12.1 Å². The van der Waals surface area contributed by atoms with Gasteiger partial charge in [0.15, 0.2) is 0 Å². The predicted molar refractivity (Wildman–Crippen MR) is 83.7 cm³/mol. The van der Waals surface area contributed by atoms with Gasteiger partial charge in [0.05, 0.1) is 9.26 Å². The molecule has 0 spiro atoms. The Morgan fingerprint density at radius 1 is 1.24 bits per heavy atom. The van der Waals surface area contributed by atoms with Gasteiger partial charge in [-0.25, -0.2) is 4.98 Å². The van der Waals surface area contributed by atoms with Gasteiger partial charge in [-0.05, 0) is 52.8 Å². The molecule has 1 heterocycles. The maximum atomic E-state index is 12.1. The number of H-pyrrole nitrogens is 1. The zero-order valence-corrected chi connectivity index (χ0v) is 13.5. The number of hydrogen-bond acceptors (Lipinski definition) is 3. The van der Waals surface area contributed by atoms with Crippen molar-refractivity contribution in [2.75, 3.05) is 0 Å². The number of aromatic amines is 1. The minimum Gasteiger partial charge on any atom is -0.435 e. The van der Waals surface area contributed by atoms with Crippen LogP contribution in [-0.4, -0.2) is 16.6 Å². The number of ether oxygens (including phenoxy) is 1. The maximum Gasteiger partial charge on any atom is 0.387 e. The number of hydrogen-bond donors (Lipinski definition) is 1. The van der Waals surface area contributed by atoms with Gasteiger partial charge in [0.1, 0.15) is 11.6 Å². The number of halogens is 3. The summed E-state index contributed by atoms with van der Waals surface area (Å²) in [6, 6.07) is 5.98. The third-order valence-corrected chi connectivity index (χ3v) is 3.83. The molecule has 2 rings (SSSR count). The highest BCUT2D eigenvalue weighted by atomic mass is 127. The topological polar surface area (TPSA) is 55.0 Å². The lowest BCUT2D eigenvalue weighted by Crippen LogP contribution is -2.17. The first-order chi connectivity index (χ1) is 9.88.